The van der Waals surface area contributed by atoms with Crippen LogP contribution in [0.25, 0.3) is 72.2 Å². The molecule has 0 aliphatic heterocycles. The Labute approximate surface area is 248 Å². The average Bonchev–Trinajstić information content (AvgIpc) is 3.77. The topological polar surface area (TPSA) is 27.7 Å². The van der Waals surface area contributed by atoms with E-state index in [0.29, 0.717) is 0 Å². The molecule has 0 aliphatic carbocycles. The lowest BCUT2D eigenvalue weighted by Gasteiger charge is -2.11. The van der Waals surface area contributed by atoms with E-state index in [4.69, 9.17) is 4.98 Å². The molecular weight excluding hydrogens is 524 g/mol. The monoisotopic (exact) mass is 550 g/mol. The molecule has 3 aromatic heterocycles. The molecule has 4 heteroatoms. The molecule has 0 unspecified atom stereocenters. The van der Waals surface area contributed by atoms with Crippen molar-refractivity contribution in [1.29, 1.82) is 0 Å². The van der Waals surface area contributed by atoms with Gasteiger partial charge in [0.05, 0.1) is 27.6 Å². The largest absolute Gasteiger partial charge is 0.317 e. The molecule has 0 atom stereocenters. The molecule has 202 valence electrons. The van der Waals surface area contributed by atoms with Crippen LogP contribution in [0, 0.1) is 0 Å². The Bertz CT molecular complexity index is 2430. The van der Waals surface area contributed by atoms with E-state index in [9.17, 15) is 0 Å². The van der Waals surface area contributed by atoms with Gasteiger partial charge < -0.3 is 9.13 Å². The molecule has 0 saturated carbocycles. The third-order valence-electron chi connectivity index (χ3n) is 8.50. The summed E-state index contributed by atoms with van der Waals surface area (Å²) in [7, 11) is 0. The zero-order valence-corrected chi connectivity index (χ0v) is 23.3. The van der Waals surface area contributed by atoms with Gasteiger partial charge in [-0.25, -0.2) is 4.98 Å². The highest BCUT2D eigenvalue weighted by Gasteiger charge is 2.17. The van der Waals surface area contributed by atoms with Gasteiger partial charge in [-0.15, -0.1) is 0 Å². The summed E-state index contributed by atoms with van der Waals surface area (Å²) in [5, 5.41) is 3.79. The summed E-state index contributed by atoms with van der Waals surface area (Å²) in [6.45, 7) is 0. The number of para-hydroxylation sites is 5. The van der Waals surface area contributed by atoms with Crippen molar-refractivity contribution in [3.05, 3.63) is 158 Å². The van der Waals surface area contributed by atoms with Gasteiger partial charge in [-0.05, 0) is 84.9 Å². The first kappa shape index (κ1) is 23.8. The highest BCUT2D eigenvalue weighted by Crippen LogP contribution is 2.38. The summed E-state index contributed by atoms with van der Waals surface area (Å²) < 4.78 is 6.90. The average molecular weight is 551 g/mol. The van der Waals surface area contributed by atoms with Crippen molar-refractivity contribution in [2.24, 2.45) is 0 Å². The lowest BCUT2D eigenvalue weighted by Crippen LogP contribution is -1.98. The third-order valence-corrected chi connectivity index (χ3v) is 8.50. The Kier molecular flexibility index (Phi) is 5.16. The van der Waals surface area contributed by atoms with Gasteiger partial charge in [0.25, 0.3) is 0 Å². The maximum atomic E-state index is 5.05. The van der Waals surface area contributed by atoms with Crippen LogP contribution >= 0.6 is 0 Å². The van der Waals surface area contributed by atoms with Crippen LogP contribution in [-0.4, -0.2) is 18.7 Å². The zero-order chi connectivity index (χ0) is 28.3. The van der Waals surface area contributed by atoms with Crippen molar-refractivity contribution in [2.75, 3.05) is 0 Å². The smallest absolute Gasteiger partial charge is 0.145 e. The molecule has 0 fully saturated rings. The SMILES string of the molecule is c1ccc(-n2c(-c3ccc(-n4ccc5c6c7ccccc7n(-c7ccccc7)c6ccc54)cc3)nc3ccccc32)cc1. The molecule has 3 heterocycles. The minimum Gasteiger partial charge on any atom is -0.317 e. The zero-order valence-electron chi connectivity index (χ0n) is 23.3. The van der Waals surface area contributed by atoms with Crippen LogP contribution in [0.3, 0.4) is 0 Å². The Morgan fingerprint density at radius 2 is 1.00 bits per heavy atom. The number of fused-ring (bicyclic) bond motifs is 6. The van der Waals surface area contributed by atoms with Gasteiger partial charge in [0.1, 0.15) is 5.82 Å². The van der Waals surface area contributed by atoms with E-state index >= 15 is 0 Å². The summed E-state index contributed by atoms with van der Waals surface area (Å²) in [6, 6.07) is 53.6. The lowest BCUT2D eigenvalue weighted by atomic mass is 10.1. The fourth-order valence-corrected chi connectivity index (χ4v) is 6.59. The van der Waals surface area contributed by atoms with Crippen LogP contribution in [-0.2, 0) is 0 Å². The normalized spacial score (nSPS) is 11.7. The van der Waals surface area contributed by atoms with Crippen molar-refractivity contribution in [1.82, 2.24) is 18.7 Å². The van der Waals surface area contributed by atoms with E-state index in [1.54, 1.807) is 0 Å². The van der Waals surface area contributed by atoms with Crippen LogP contribution < -0.4 is 0 Å². The van der Waals surface area contributed by atoms with Gasteiger partial charge in [-0.2, -0.15) is 0 Å². The molecule has 0 N–H and O–H groups in total. The summed E-state index contributed by atoms with van der Waals surface area (Å²) in [5.74, 6) is 0.937. The van der Waals surface area contributed by atoms with Gasteiger partial charge in [0.15, 0.2) is 0 Å². The second kappa shape index (κ2) is 9.33. The molecule has 0 radical (unpaired) electrons. The van der Waals surface area contributed by atoms with Crippen molar-refractivity contribution < 1.29 is 0 Å². The van der Waals surface area contributed by atoms with E-state index < -0.39 is 0 Å². The Hall–Kier alpha value is -5.87. The number of aromatic nitrogens is 4. The van der Waals surface area contributed by atoms with Gasteiger partial charge in [-0.3, -0.25) is 4.57 Å². The van der Waals surface area contributed by atoms with Gasteiger partial charge >= 0.3 is 0 Å². The highest BCUT2D eigenvalue weighted by atomic mass is 15.1. The number of hydrogen-bond donors (Lipinski definition) is 0. The first-order valence-electron chi connectivity index (χ1n) is 14.6. The van der Waals surface area contributed by atoms with Crippen LogP contribution in [0.2, 0.25) is 0 Å². The minimum atomic E-state index is 0.937. The number of nitrogens with zero attached hydrogens (tertiary/aromatic N) is 4. The molecule has 0 bridgehead atoms. The summed E-state index contributed by atoms with van der Waals surface area (Å²) in [6.07, 6.45) is 2.19. The fourth-order valence-electron chi connectivity index (χ4n) is 6.59. The highest BCUT2D eigenvalue weighted by molar-refractivity contribution is 6.21. The van der Waals surface area contributed by atoms with Crippen LogP contribution in [0.4, 0.5) is 0 Å². The molecular formula is C39H26N4. The van der Waals surface area contributed by atoms with Crippen molar-refractivity contribution in [3.8, 4) is 28.5 Å². The van der Waals surface area contributed by atoms with Gasteiger partial charge in [-0.1, -0.05) is 66.7 Å². The van der Waals surface area contributed by atoms with Crippen molar-refractivity contribution >= 4 is 43.7 Å². The van der Waals surface area contributed by atoms with E-state index in [1.165, 1.54) is 38.4 Å². The molecule has 0 spiro atoms. The third kappa shape index (κ3) is 3.60. The van der Waals surface area contributed by atoms with Crippen LogP contribution in [0.15, 0.2) is 158 Å². The Morgan fingerprint density at radius 1 is 0.395 bits per heavy atom. The second-order valence-electron chi connectivity index (χ2n) is 10.9. The molecule has 4 nitrogen and oxygen atoms in total. The number of benzene rings is 6. The lowest BCUT2D eigenvalue weighted by molar-refractivity contribution is 1.10. The maximum Gasteiger partial charge on any atom is 0.145 e. The molecule has 0 aliphatic rings. The summed E-state index contributed by atoms with van der Waals surface area (Å²) in [5.41, 5.74) is 10.2. The molecule has 6 aromatic carbocycles. The maximum absolute atomic E-state index is 5.05. The number of hydrogen-bond acceptors (Lipinski definition) is 1. The van der Waals surface area contributed by atoms with Crippen LogP contribution in [0.5, 0.6) is 0 Å². The predicted molar refractivity (Wildman–Crippen MR) is 178 cm³/mol. The van der Waals surface area contributed by atoms with Crippen molar-refractivity contribution in [3.63, 3.8) is 0 Å². The minimum absolute atomic E-state index is 0.937. The van der Waals surface area contributed by atoms with E-state index in [-0.39, 0.29) is 0 Å². The summed E-state index contributed by atoms with van der Waals surface area (Å²) >= 11 is 0. The quantitative estimate of drug-likeness (QED) is 0.214. The molecule has 0 saturated heterocycles. The summed E-state index contributed by atoms with van der Waals surface area (Å²) in [4.78, 5) is 5.05. The first-order valence-corrected chi connectivity index (χ1v) is 14.6. The van der Waals surface area contributed by atoms with E-state index in [2.05, 4.69) is 159 Å². The van der Waals surface area contributed by atoms with E-state index in [1.807, 2.05) is 12.1 Å². The van der Waals surface area contributed by atoms with E-state index in [0.717, 1.165) is 33.8 Å². The molecule has 43 heavy (non-hydrogen) atoms. The first-order chi connectivity index (χ1) is 21.3. The Morgan fingerprint density at radius 3 is 1.77 bits per heavy atom. The number of rotatable bonds is 4. The van der Waals surface area contributed by atoms with Crippen molar-refractivity contribution in [2.45, 2.75) is 0 Å². The molecule has 9 aromatic rings. The number of imidazole rings is 1. The standard InChI is InChI=1S/C39H26N4/c1-3-11-29(12-4-1)42-35-17-9-7-15-31(35)38-32-25-26-41(34(32)23-24-37(38)42)28-21-19-27(20-22-28)39-40-33-16-8-10-18-36(33)43(39)30-13-5-2-6-14-30/h1-26H. The van der Waals surface area contributed by atoms with Gasteiger partial charge in [0, 0.05) is 45.0 Å². The second-order valence-corrected chi connectivity index (χ2v) is 10.9. The predicted octanol–water partition coefficient (Wildman–Crippen LogP) is 9.73. The molecule has 0 amide bonds. The van der Waals surface area contributed by atoms with Gasteiger partial charge in [0.2, 0.25) is 0 Å². The Balaban J connectivity index is 1.19. The van der Waals surface area contributed by atoms with Crippen LogP contribution in [0.1, 0.15) is 0 Å². The molecule has 9 rings (SSSR count). The fraction of sp³-hybridized carbons (Fsp3) is 0.